The molecule has 1 N–H and O–H groups in total. The molecular formula is C9H7NO4. The monoisotopic (exact) mass is 193 g/mol. The molecule has 1 heterocycles. The van der Waals surface area contributed by atoms with Gasteiger partial charge in [0.05, 0.1) is 6.20 Å². The topological polar surface area (TPSA) is 76.5 Å². The second-order valence-electron chi connectivity index (χ2n) is 2.28. The highest BCUT2D eigenvalue weighted by atomic mass is 16.5. The molecule has 1 aromatic heterocycles. The Balaban J connectivity index is 2.54. The van der Waals surface area contributed by atoms with Gasteiger partial charge in [0.1, 0.15) is 5.75 Å². The lowest BCUT2D eigenvalue weighted by atomic mass is 10.4. The maximum atomic E-state index is 10.9. The summed E-state index contributed by atoms with van der Waals surface area (Å²) < 4.78 is 4.71. The lowest BCUT2D eigenvalue weighted by Crippen LogP contribution is -2.04. The summed E-state index contributed by atoms with van der Waals surface area (Å²) in [6.07, 6.45) is 4.42. The largest absolute Gasteiger partial charge is 0.478 e. The first-order chi connectivity index (χ1) is 6.68. The Morgan fingerprint density at radius 1 is 1.43 bits per heavy atom. The third-order valence-electron chi connectivity index (χ3n) is 1.21. The number of hydrogen-bond acceptors (Lipinski definition) is 4. The van der Waals surface area contributed by atoms with E-state index in [0.29, 0.717) is 6.08 Å². The van der Waals surface area contributed by atoms with Gasteiger partial charge in [0, 0.05) is 18.3 Å². The van der Waals surface area contributed by atoms with Crippen LogP contribution in [0.1, 0.15) is 0 Å². The van der Waals surface area contributed by atoms with E-state index in [0.717, 1.165) is 6.08 Å². The van der Waals surface area contributed by atoms with Crippen LogP contribution in [0.25, 0.3) is 0 Å². The van der Waals surface area contributed by atoms with E-state index in [1.54, 1.807) is 12.1 Å². The van der Waals surface area contributed by atoms with Gasteiger partial charge in [-0.05, 0) is 12.1 Å². The first-order valence-corrected chi connectivity index (χ1v) is 3.71. The predicted molar refractivity (Wildman–Crippen MR) is 46.6 cm³/mol. The zero-order valence-electron chi connectivity index (χ0n) is 7.08. The van der Waals surface area contributed by atoms with Crippen molar-refractivity contribution in [2.75, 3.05) is 0 Å². The maximum Gasteiger partial charge on any atom is 0.336 e. The molecular weight excluding hydrogens is 186 g/mol. The van der Waals surface area contributed by atoms with E-state index in [4.69, 9.17) is 9.84 Å². The summed E-state index contributed by atoms with van der Waals surface area (Å²) in [5.41, 5.74) is 0. The van der Waals surface area contributed by atoms with Crippen LogP contribution in [0.2, 0.25) is 0 Å². The van der Waals surface area contributed by atoms with Gasteiger partial charge >= 0.3 is 11.9 Å². The first kappa shape index (κ1) is 9.91. The van der Waals surface area contributed by atoms with Crippen LogP contribution >= 0.6 is 0 Å². The Labute approximate surface area is 79.7 Å². The standard InChI is InChI=1S/C9H7NO4/c11-8(12)3-4-9(13)14-7-2-1-5-10-6-7/h1-6H,(H,11,12). The van der Waals surface area contributed by atoms with Crippen molar-refractivity contribution < 1.29 is 19.4 Å². The van der Waals surface area contributed by atoms with Crippen molar-refractivity contribution in [2.45, 2.75) is 0 Å². The van der Waals surface area contributed by atoms with Gasteiger partial charge in [0.25, 0.3) is 0 Å². The average Bonchev–Trinajstić information content (AvgIpc) is 2.16. The summed E-state index contributed by atoms with van der Waals surface area (Å²) in [5, 5.41) is 8.22. The minimum absolute atomic E-state index is 0.271. The summed E-state index contributed by atoms with van der Waals surface area (Å²) in [6, 6.07) is 3.14. The van der Waals surface area contributed by atoms with Gasteiger partial charge < -0.3 is 9.84 Å². The molecule has 0 aromatic carbocycles. The summed E-state index contributed by atoms with van der Waals surface area (Å²) in [7, 11) is 0. The molecule has 1 aromatic rings. The van der Waals surface area contributed by atoms with Crippen molar-refractivity contribution in [3.05, 3.63) is 36.7 Å². The highest BCUT2D eigenvalue weighted by molar-refractivity contribution is 5.91. The van der Waals surface area contributed by atoms with Crippen LogP contribution in [0, 0.1) is 0 Å². The molecule has 0 aliphatic heterocycles. The normalized spacial score (nSPS) is 10.0. The fraction of sp³-hybridized carbons (Fsp3) is 0. The number of rotatable bonds is 3. The number of hydrogen-bond donors (Lipinski definition) is 1. The Morgan fingerprint density at radius 2 is 2.21 bits per heavy atom. The Hall–Kier alpha value is -2.17. The molecule has 72 valence electrons. The number of carbonyl (C=O) groups excluding carboxylic acids is 1. The molecule has 0 bridgehead atoms. The van der Waals surface area contributed by atoms with Crippen molar-refractivity contribution in [1.82, 2.24) is 4.98 Å². The van der Waals surface area contributed by atoms with Crippen LogP contribution in [-0.4, -0.2) is 22.0 Å². The van der Waals surface area contributed by atoms with Gasteiger partial charge in [-0.1, -0.05) is 0 Å². The lowest BCUT2D eigenvalue weighted by Gasteiger charge is -1.97. The molecule has 0 amide bonds. The van der Waals surface area contributed by atoms with Gasteiger partial charge in [0.15, 0.2) is 0 Å². The summed E-state index contributed by atoms with van der Waals surface area (Å²) >= 11 is 0. The smallest absolute Gasteiger partial charge is 0.336 e. The first-order valence-electron chi connectivity index (χ1n) is 3.71. The van der Waals surface area contributed by atoms with Crippen LogP contribution in [0.15, 0.2) is 36.7 Å². The summed E-state index contributed by atoms with van der Waals surface area (Å²) in [5.74, 6) is -1.68. The highest BCUT2D eigenvalue weighted by Gasteiger charge is 1.99. The fourth-order valence-corrected chi connectivity index (χ4v) is 0.697. The average molecular weight is 193 g/mol. The van der Waals surface area contributed by atoms with Crippen LogP contribution in [0.5, 0.6) is 5.75 Å². The molecule has 0 saturated carbocycles. The third kappa shape index (κ3) is 3.48. The zero-order valence-corrected chi connectivity index (χ0v) is 7.08. The molecule has 14 heavy (non-hydrogen) atoms. The molecule has 0 saturated heterocycles. The molecule has 0 fully saturated rings. The van der Waals surface area contributed by atoms with E-state index < -0.39 is 11.9 Å². The number of carbonyl (C=O) groups is 2. The van der Waals surface area contributed by atoms with Crippen molar-refractivity contribution >= 4 is 11.9 Å². The number of aliphatic carboxylic acids is 1. The quantitative estimate of drug-likeness (QED) is 0.562. The molecule has 0 aliphatic carbocycles. The van der Waals surface area contributed by atoms with Crippen molar-refractivity contribution in [3.8, 4) is 5.75 Å². The van der Waals surface area contributed by atoms with Gasteiger partial charge in [-0.3, -0.25) is 4.98 Å². The van der Waals surface area contributed by atoms with Gasteiger partial charge in [-0.2, -0.15) is 0 Å². The Bertz CT molecular complexity index is 358. The highest BCUT2D eigenvalue weighted by Crippen LogP contribution is 2.06. The van der Waals surface area contributed by atoms with Crippen molar-refractivity contribution in [1.29, 1.82) is 0 Å². The molecule has 5 heteroatoms. The second-order valence-corrected chi connectivity index (χ2v) is 2.28. The summed E-state index contributed by atoms with van der Waals surface area (Å²) in [4.78, 5) is 24.7. The SMILES string of the molecule is O=C(O)C=CC(=O)Oc1cccnc1. The number of pyridine rings is 1. The van der Waals surface area contributed by atoms with E-state index in [1.165, 1.54) is 12.4 Å². The van der Waals surface area contributed by atoms with Crippen LogP contribution in [0.4, 0.5) is 0 Å². The van der Waals surface area contributed by atoms with Gasteiger partial charge in [0.2, 0.25) is 0 Å². The van der Waals surface area contributed by atoms with Crippen LogP contribution in [-0.2, 0) is 9.59 Å². The summed E-state index contributed by atoms with van der Waals surface area (Å²) in [6.45, 7) is 0. The van der Waals surface area contributed by atoms with Crippen molar-refractivity contribution in [3.63, 3.8) is 0 Å². The lowest BCUT2D eigenvalue weighted by molar-refractivity contribution is -0.133. The number of aromatic nitrogens is 1. The number of carboxylic acid groups (broad SMARTS) is 1. The van der Waals surface area contributed by atoms with Crippen LogP contribution in [0.3, 0.4) is 0 Å². The molecule has 5 nitrogen and oxygen atoms in total. The Morgan fingerprint density at radius 3 is 2.79 bits per heavy atom. The van der Waals surface area contributed by atoms with E-state index in [9.17, 15) is 9.59 Å². The number of nitrogens with zero attached hydrogens (tertiary/aromatic N) is 1. The molecule has 0 spiro atoms. The number of esters is 1. The minimum Gasteiger partial charge on any atom is -0.478 e. The minimum atomic E-state index is -1.20. The van der Waals surface area contributed by atoms with E-state index in [-0.39, 0.29) is 5.75 Å². The van der Waals surface area contributed by atoms with E-state index in [2.05, 4.69) is 4.98 Å². The third-order valence-corrected chi connectivity index (χ3v) is 1.21. The molecule has 0 radical (unpaired) electrons. The number of carboxylic acids is 1. The number of ether oxygens (including phenoxy) is 1. The predicted octanol–water partition coefficient (Wildman–Crippen LogP) is 0.628. The zero-order chi connectivity index (χ0) is 10.4. The van der Waals surface area contributed by atoms with Crippen LogP contribution < -0.4 is 4.74 Å². The molecule has 0 unspecified atom stereocenters. The van der Waals surface area contributed by atoms with Gasteiger partial charge in [-0.15, -0.1) is 0 Å². The van der Waals surface area contributed by atoms with E-state index >= 15 is 0 Å². The molecule has 0 atom stereocenters. The van der Waals surface area contributed by atoms with E-state index in [1.807, 2.05) is 0 Å². The van der Waals surface area contributed by atoms with Gasteiger partial charge in [-0.25, -0.2) is 9.59 Å². The molecule has 0 aliphatic rings. The molecule has 1 rings (SSSR count). The van der Waals surface area contributed by atoms with Crippen molar-refractivity contribution in [2.24, 2.45) is 0 Å². The second kappa shape index (κ2) is 4.76. The maximum absolute atomic E-state index is 10.9. The Kier molecular flexibility index (Phi) is 3.37. The fourth-order valence-electron chi connectivity index (χ4n) is 0.697.